The molecule has 3 aromatic rings. The molecule has 1 unspecified atom stereocenters. The summed E-state index contributed by atoms with van der Waals surface area (Å²) in [6.07, 6.45) is -1.45. The maximum atomic E-state index is 13.3. The number of nitrogens with zero attached hydrogens (tertiary/aromatic N) is 4. The van der Waals surface area contributed by atoms with E-state index in [1.54, 1.807) is 84.4 Å². The second-order valence-electron chi connectivity index (χ2n) is 13.4. The number of hydrogen-bond acceptors (Lipinski definition) is 11. The summed E-state index contributed by atoms with van der Waals surface area (Å²) in [5.74, 6) is -0.937. The SMILES string of the molecule is Cc1ccc(S(=O)OC[C@H]2O[C@@H](n3ccc4c(N(C(=O)OC(C)(C)C)C(=O)OC(C)(C)C)ncnc43)[C@@H]3OC(C)(C)O[C@@H]32)cc1. The van der Waals surface area contributed by atoms with Crippen LogP contribution in [0.15, 0.2) is 47.8 Å². The number of fused-ring (bicyclic) bond motifs is 2. The normalized spacial score (nSPS) is 23.5. The molecule has 5 rings (SSSR count). The highest BCUT2D eigenvalue weighted by molar-refractivity contribution is 7.80. The second-order valence-corrected chi connectivity index (χ2v) is 14.6. The minimum absolute atomic E-state index is 0.0194. The van der Waals surface area contributed by atoms with E-state index in [0.717, 1.165) is 10.5 Å². The van der Waals surface area contributed by atoms with Crippen molar-refractivity contribution in [3.8, 4) is 0 Å². The molecule has 5 atom stereocenters. The van der Waals surface area contributed by atoms with Gasteiger partial charge in [-0.25, -0.2) is 23.8 Å². The van der Waals surface area contributed by atoms with Crippen molar-refractivity contribution in [3.05, 3.63) is 48.4 Å². The third kappa shape index (κ3) is 7.36. The molecule has 244 valence electrons. The Morgan fingerprint density at radius 1 is 0.956 bits per heavy atom. The Hall–Kier alpha value is -3.43. The molecule has 0 N–H and O–H groups in total. The number of imide groups is 1. The number of carbonyl (C=O) groups excluding carboxylic acids is 2. The zero-order chi connectivity index (χ0) is 32.9. The quantitative estimate of drug-likeness (QED) is 0.332. The summed E-state index contributed by atoms with van der Waals surface area (Å²) in [5.41, 5.74) is -0.381. The molecule has 2 saturated heterocycles. The fourth-order valence-electron chi connectivity index (χ4n) is 5.07. The molecule has 0 bridgehead atoms. The maximum absolute atomic E-state index is 13.3. The van der Waals surface area contributed by atoms with Gasteiger partial charge in [0, 0.05) is 6.20 Å². The highest BCUT2D eigenvalue weighted by Gasteiger charge is 2.56. The van der Waals surface area contributed by atoms with E-state index < -0.39 is 64.8 Å². The maximum Gasteiger partial charge on any atom is 0.425 e. The van der Waals surface area contributed by atoms with E-state index in [0.29, 0.717) is 15.9 Å². The number of aromatic nitrogens is 3. The molecule has 2 amide bonds. The Morgan fingerprint density at radius 2 is 1.56 bits per heavy atom. The van der Waals surface area contributed by atoms with Crippen LogP contribution in [0.1, 0.15) is 67.2 Å². The van der Waals surface area contributed by atoms with Crippen LogP contribution in [0, 0.1) is 6.92 Å². The molecule has 2 fully saturated rings. The van der Waals surface area contributed by atoms with Crippen LogP contribution in [0.5, 0.6) is 0 Å². The Balaban J connectivity index is 1.46. The fraction of sp³-hybridized carbons (Fsp3) is 0.548. The average molecular weight is 645 g/mol. The molecule has 45 heavy (non-hydrogen) atoms. The molecule has 0 spiro atoms. The first-order valence-electron chi connectivity index (χ1n) is 14.6. The van der Waals surface area contributed by atoms with Gasteiger partial charge in [0.15, 0.2) is 28.9 Å². The molecule has 2 aromatic heterocycles. The molecule has 2 aliphatic rings. The number of rotatable bonds is 6. The number of ether oxygens (including phenoxy) is 5. The van der Waals surface area contributed by atoms with Crippen molar-refractivity contribution in [2.75, 3.05) is 11.5 Å². The van der Waals surface area contributed by atoms with Crippen molar-refractivity contribution in [2.24, 2.45) is 0 Å². The van der Waals surface area contributed by atoms with E-state index in [9.17, 15) is 13.8 Å². The van der Waals surface area contributed by atoms with Gasteiger partial charge in [-0.15, -0.1) is 0 Å². The minimum atomic E-state index is -1.71. The molecular weight excluding hydrogens is 604 g/mol. The highest BCUT2D eigenvalue weighted by Crippen LogP contribution is 2.44. The first-order chi connectivity index (χ1) is 20.9. The summed E-state index contributed by atoms with van der Waals surface area (Å²) >= 11 is -1.71. The molecule has 2 aliphatic heterocycles. The van der Waals surface area contributed by atoms with E-state index in [1.807, 2.05) is 19.1 Å². The van der Waals surface area contributed by atoms with Crippen LogP contribution >= 0.6 is 0 Å². The van der Waals surface area contributed by atoms with Gasteiger partial charge in [0.2, 0.25) is 0 Å². The van der Waals surface area contributed by atoms with E-state index >= 15 is 0 Å². The highest BCUT2D eigenvalue weighted by atomic mass is 32.2. The Labute approximate surface area is 264 Å². The van der Waals surface area contributed by atoms with Gasteiger partial charge in [-0.2, -0.15) is 4.90 Å². The van der Waals surface area contributed by atoms with Crippen LogP contribution in [-0.4, -0.2) is 72.8 Å². The average Bonchev–Trinajstić information content (AvgIpc) is 3.57. The topological polar surface area (TPSA) is 141 Å². The minimum Gasteiger partial charge on any atom is -0.443 e. The number of hydrogen-bond donors (Lipinski definition) is 0. The van der Waals surface area contributed by atoms with E-state index in [1.165, 1.54) is 6.33 Å². The zero-order valence-corrected chi connectivity index (χ0v) is 27.7. The molecule has 0 radical (unpaired) electrons. The first kappa shape index (κ1) is 32.9. The van der Waals surface area contributed by atoms with Crippen molar-refractivity contribution < 1.29 is 41.7 Å². The summed E-state index contributed by atoms with van der Waals surface area (Å²) in [6, 6.07) is 8.91. The molecule has 1 aromatic carbocycles. The van der Waals surface area contributed by atoms with Crippen molar-refractivity contribution in [2.45, 2.75) is 109 Å². The van der Waals surface area contributed by atoms with Gasteiger partial charge in [-0.3, -0.25) is 4.18 Å². The third-order valence-electron chi connectivity index (χ3n) is 6.80. The van der Waals surface area contributed by atoms with Crippen LogP contribution in [0.3, 0.4) is 0 Å². The Bertz CT molecular complexity index is 1570. The van der Waals surface area contributed by atoms with Crippen LogP contribution in [0.2, 0.25) is 0 Å². The van der Waals surface area contributed by atoms with Gasteiger partial charge in [0.05, 0.1) is 16.9 Å². The summed E-state index contributed by atoms with van der Waals surface area (Å²) in [4.78, 5) is 36.7. The van der Waals surface area contributed by atoms with Gasteiger partial charge in [0.1, 0.15) is 41.5 Å². The smallest absolute Gasteiger partial charge is 0.425 e. The molecular formula is C31H40N4O9S. The molecule has 14 heteroatoms. The van der Waals surface area contributed by atoms with Gasteiger partial charge in [-0.05, 0) is 80.5 Å². The van der Waals surface area contributed by atoms with Gasteiger partial charge in [0.25, 0.3) is 0 Å². The summed E-state index contributed by atoms with van der Waals surface area (Å²) in [5, 5.41) is 0.368. The Morgan fingerprint density at radius 3 is 2.16 bits per heavy atom. The fourth-order valence-corrected chi connectivity index (χ4v) is 5.82. The van der Waals surface area contributed by atoms with Crippen molar-refractivity contribution >= 4 is 40.1 Å². The van der Waals surface area contributed by atoms with E-state index in [-0.39, 0.29) is 12.4 Å². The molecule has 4 heterocycles. The van der Waals surface area contributed by atoms with Gasteiger partial charge >= 0.3 is 12.2 Å². The monoisotopic (exact) mass is 644 g/mol. The zero-order valence-electron chi connectivity index (χ0n) is 26.9. The predicted molar refractivity (Wildman–Crippen MR) is 164 cm³/mol. The number of benzene rings is 1. The standard InChI is InChI=1S/C31H40N4O9S/c1-18-10-12-19(13-11-18)45(38)39-16-21-22-23(42-31(8,9)41-22)26(40-21)34-15-14-20-24(34)32-17-33-25(20)35(27(36)43-29(2,3)4)28(37)44-30(5,6)7/h10-15,17,21-23,26H,16H2,1-9H3/t21-,22-,23-,26-,45?/m1/s1. The number of aryl methyl sites for hydroxylation is 1. The summed E-state index contributed by atoms with van der Waals surface area (Å²) in [7, 11) is 0. The largest absolute Gasteiger partial charge is 0.443 e. The predicted octanol–water partition coefficient (Wildman–Crippen LogP) is 5.57. The number of carbonyl (C=O) groups is 2. The molecule has 13 nitrogen and oxygen atoms in total. The van der Waals surface area contributed by atoms with Crippen molar-refractivity contribution in [1.82, 2.24) is 14.5 Å². The summed E-state index contributed by atoms with van der Waals surface area (Å²) in [6.45, 7) is 15.7. The van der Waals surface area contributed by atoms with Gasteiger partial charge in [-0.1, -0.05) is 17.7 Å². The van der Waals surface area contributed by atoms with Crippen molar-refractivity contribution in [1.29, 1.82) is 0 Å². The lowest BCUT2D eigenvalue weighted by Gasteiger charge is -2.28. The van der Waals surface area contributed by atoms with E-state index in [4.69, 9.17) is 27.9 Å². The Kier molecular flexibility index (Phi) is 8.83. The number of anilines is 1. The van der Waals surface area contributed by atoms with Crippen LogP contribution in [0.25, 0.3) is 11.0 Å². The third-order valence-corrected chi connectivity index (χ3v) is 7.81. The lowest BCUT2D eigenvalue weighted by atomic mass is 10.1. The van der Waals surface area contributed by atoms with Crippen molar-refractivity contribution in [3.63, 3.8) is 0 Å². The second kappa shape index (κ2) is 12.1. The van der Waals surface area contributed by atoms with Crippen LogP contribution < -0.4 is 4.90 Å². The molecule has 0 saturated carbocycles. The number of amides is 2. The lowest BCUT2D eigenvalue weighted by Crippen LogP contribution is -2.44. The van der Waals surface area contributed by atoms with Crippen LogP contribution in [0.4, 0.5) is 15.4 Å². The first-order valence-corrected chi connectivity index (χ1v) is 15.7. The summed E-state index contributed by atoms with van der Waals surface area (Å²) < 4.78 is 50.3. The van der Waals surface area contributed by atoms with Gasteiger partial charge < -0.3 is 28.3 Å². The van der Waals surface area contributed by atoms with Crippen LogP contribution in [-0.2, 0) is 38.9 Å². The lowest BCUT2D eigenvalue weighted by molar-refractivity contribution is -0.198. The van der Waals surface area contributed by atoms with E-state index in [2.05, 4.69) is 9.97 Å². The molecule has 0 aliphatic carbocycles.